The minimum atomic E-state index is -1.33. The van der Waals surface area contributed by atoms with Crippen LogP contribution in [-0.4, -0.2) is 27.6 Å². The van der Waals surface area contributed by atoms with E-state index in [1.54, 1.807) is 0 Å². The van der Waals surface area contributed by atoms with E-state index >= 15 is 4.39 Å². The van der Waals surface area contributed by atoms with Gasteiger partial charge in [0.05, 0.1) is 30.5 Å². The Balaban J connectivity index is 0.000000195. The summed E-state index contributed by atoms with van der Waals surface area (Å²) in [5.41, 5.74) is 13.0. The van der Waals surface area contributed by atoms with Crippen LogP contribution < -0.4 is 5.19 Å². The Bertz CT molecular complexity index is 3010. The molecule has 4 aromatic heterocycles. The van der Waals surface area contributed by atoms with Gasteiger partial charge < -0.3 is 14.0 Å². The normalized spacial score (nSPS) is 11.7. The summed E-state index contributed by atoms with van der Waals surface area (Å²) < 4.78 is 36.7. The zero-order valence-electron chi connectivity index (χ0n) is 35.9. The van der Waals surface area contributed by atoms with Gasteiger partial charge in [-0.25, -0.2) is 4.98 Å². The van der Waals surface area contributed by atoms with Gasteiger partial charge >= 0.3 is 0 Å². The van der Waals surface area contributed by atoms with Crippen molar-refractivity contribution in [1.29, 1.82) is 0 Å². The van der Waals surface area contributed by atoms with E-state index in [0.29, 0.717) is 11.5 Å². The Kier molecular flexibility index (Phi) is 12.4. The Morgan fingerprint density at radius 2 is 1.44 bits per heavy atom. The number of halogens is 2. The molecular formula is C52H48F2IrN4OSi-2. The number of benzene rings is 5. The number of nitrogens with zero attached hydrogens (tertiary/aromatic N) is 4. The van der Waals surface area contributed by atoms with Crippen LogP contribution in [0.3, 0.4) is 0 Å². The maximum atomic E-state index is 15.1. The third-order valence-electron chi connectivity index (χ3n) is 11.0. The molecule has 0 amide bonds. The zero-order chi connectivity index (χ0) is 42.5. The van der Waals surface area contributed by atoms with Crippen LogP contribution >= 0.6 is 0 Å². The molecule has 5 nitrogen and oxygen atoms in total. The first-order valence-electron chi connectivity index (χ1n) is 20.4. The molecule has 0 N–H and O–H groups in total. The molecule has 0 fully saturated rings. The molecule has 0 aliphatic carbocycles. The largest absolute Gasteiger partial charge is 0.486 e. The molecule has 9 aromatic rings. The van der Waals surface area contributed by atoms with Gasteiger partial charge in [0.25, 0.3) is 0 Å². The predicted octanol–water partition coefficient (Wildman–Crippen LogP) is 13.7. The number of pyridine rings is 2. The number of fused-ring (bicyclic) bond motifs is 4. The van der Waals surface area contributed by atoms with Gasteiger partial charge in [0.2, 0.25) is 5.71 Å². The van der Waals surface area contributed by atoms with Crippen molar-refractivity contribution in [1.82, 2.24) is 19.5 Å². The molecule has 0 saturated heterocycles. The van der Waals surface area contributed by atoms with Crippen LogP contribution in [0.2, 0.25) is 19.6 Å². The van der Waals surface area contributed by atoms with Gasteiger partial charge in [0, 0.05) is 54.7 Å². The van der Waals surface area contributed by atoms with Gasteiger partial charge in [-0.1, -0.05) is 113 Å². The topological polar surface area (TPSA) is 56.7 Å². The van der Waals surface area contributed by atoms with E-state index in [1.165, 1.54) is 16.3 Å². The Morgan fingerprint density at radius 3 is 2.10 bits per heavy atom. The summed E-state index contributed by atoms with van der Waals surface area (Å²) >= 11 is 0. The standard InChI is InChI=1S/C32H29F2N2.C20H19N2OSi.Ir/c1-19(2)26-16-22(24-11-7-6-10-21(24)5)17-27(20(3)4)31(26)36-30-13-9-8-12-29(30)35-32(36)25-15-14-23(33)18-28(25)34;1-13-5-8-16-17-11-14(6-10-19(17)23-20(16)22-13)18-9-7-15(12-21-18)24(2,3)4;/h6-14,16-20H,1-5H3;5,7-12H,1-4H3;/q2*-1;. The van der Waals surface area contributed by atoms with Gasteiger partial charge in [-0.2, -0.15) is 0 Å². The van der Waals surface area contributed by atoms with E-state index in [-0.39, 0.29) is 37.5 Å². The maximum absolute atomic E-state index is 15.1. The second-order valence-electron chi connectivity index (χ2n) is 17.1. The zero-order valence-corrected chi connectivity index (χ0v) is 39.3. The first kappa shape index (κ1) is 43.5. The van der Waals surface area contributed by atoms with Crippen LogP contribution in [0.5, 0.6) is 0 Å². The van der Waals surface area contributed by atoms with Crippen molar-refractivity contribution < 1.29 is 33.3 Å². The van der Waals surface area contributed by atoms with E-state index in [0.717, 1.165) is 78.9 Å². The summed E-state index contributed by atoms with van der Waals surface area (Å²) in [5, 5.41) is 3.45. The maximum Gasteiger partial charge on any atom is 0.216 e. The fourth-order valence-electron chi connectivity index (χ4n) is 7.74. The monoisotopic (exact) mass is 1000 g/mol. The number of furan rings is 1. The Labute approximate surface area is 371 Å². The molecule has 0 bridgehead atoms. The van der Waals surface area contributed by atoms with E-state index in [2.05, 4.69) is 137 Å². The van der Waals surface area contributed by atoms with E-state index < -0.39 is 19.7 Å². The van der Waals surface area contributed by atoms with Gasteiger partial charge in [-0.05, 0) is 101 Å². The van der Waals surface area contributed by atoms with Crippen LogP contribution in [0.25, 0.3) is 72.6 Å². The number of para-hydroxylation sites is 2. The number of aryl methyl sites for hydroxylation is 2. The van der Waals surface area contributed by atoms with Gasteiger partial charge in [0.15, 0.2) is 0 Å². The van der Waals surface area contributed by atoms with Crippen LogP contribution in [0.4, 0.5) is 8.78 Å². The van der Waals surface area contributed by atoms with E-state index in [1.807, 2.05) is 54.1 Å². The average Bonchev–Trinajstić information content (AvgIpc) is 3.78. The summed E-state index contributed by atoms with van der Waals surface area (Å²) in [5.74, 6) is -0.538. The van der Waals surface area contributed by atoms with Crippen molar-refractivity contribution in [3.63, 3.8) is 0 Å². The Hall–Kier alpha value is -5.60. The molecule has 61 heavy (non-hydrogen) atoms. The molecule has 0 atom stereocenters. The van der Waals surface area contributed by atoms with Crippen LogP contribution in [-0.2, 0) is 20.1 Å². The molecule has 0 spiro atoms. The first-order chi connectivity index (χ1) is 28.7. The molecule has 5 aromatic carbocycles. The fourth-order valence-corrected chi connectivity index (χ4v) is 8.78. The molecular weight excluding hydrogens is 955 g/mol. The third-order valence-corrected chi connectivity index (χ3v) is 13.1. The summed E-state index contributed by atoms with van der Waals surface area (Å²) in [6, 6.07) is 41.2. The summed E-state index contributed by atoms with van der Waals surface area (Å²) in [6.45, 7) is 19.8. The van der Waals surface area contributed by atoms with Crippen molar-refractivity contribution in [3.05, 3.63) is 162 Å². The van der Waals surface area contributed by atoms with Crippen molar-refractivity contribution >= 4 is 46.4 Å². The fraction of sp³-hybridized carbons (Fsp3) is 0.212. The van der Waals surface area contributed by atoms with Gasteiger partial charge in [0.1, 0.15) is 0 Å². The van der Waals surface area contributed by atoms with Crippen LogP contribution in [0.1, 0.15) is 61.9 Å². The number of aromatic nitrogens is 4. The quantitative estimate of drug-likeness (QED) is 0.118. The molecule has 9 rings (SSSR count). The number of rotatable bonds is 7. The predicted molar refractivity (Wildman–Crippen MR) is 245 cm³/mol. The minimum absolute atomic E-state index is 0. The van der Waals surface area contributed by atoms with Crippen molar-refractivity contribution in [2.24, 2.45) is 0 Å². The number of hydrogen-bond donors (Lipinski definition) is 0. The van der Waals surface area contributed by atoms with Gasteiger partial charge in [-0.3, -0.25) is 13.8 Å². The van der Waals surface area contributed by atoms with Crippen molar-refractivity contribution in [2.45, 2.75) is 73.0 Å². The second-order valence-corrected chi connectivity index (χ2v) is 22.2. The summed E-state index contributed by atoms with van der Waals surface area (Å²) in [4.78, 5) is 13.9. The molecule has 9 heteroatoms. The van der Waals surface area contributed by atoms with E-state index in [4.69, 9.17) is 9.40 Å². The van der Waals surface area contributed by atoms with Gasteiger partial charge in [-0.15, -0.1) is 35.9 Å². The summed E-state index contributed by atoms with van der Waals surface area (Å²) in [7, 11) is -1.33. The number of imidazole rings is 1. The average molecular weight is 1000 g/mol. The molecule has 0 saturated carbocycles. The summed E-state index contributed by atoms with van der Waals surface area (Å²) in [6.07, 6.45) is 2.01. The SMILES string of the molecule is Cc1ccc2c(n1)oc1c[c-]c(-c3ccc([Si](C)(C)C)cn3)cc12.Cc1ccccc1-c1cc(C(C)C)c(-n2c(-c3[c-]cc(F)cc3F)nc3ccccc32)c(C(C)C)c1.[Ir]. The smallest absolute Gasteiger partial charge is 0.216 e. The molecule has 0 aliphatic heterocycles. The number of hydrogen-bond acceptors (Lipinski definition) is 4. The molecule has 0 unspecified atom stereocenters. The second kappa shape index (κ2) is 17.4. The first-order valence-corrected chi connectivity index (χ1v) is 23.9. The third kappa shape index (κ3) is 8.65. The van der Waals surface area contributed by atoms with Crippen molar-refractivity contribution in [3.8, 4) is 39.5 Å². The van der Waals surface area contributed by atoms with E-state index in [9.17, 15) is 4.39 Å². The van der Waals surface area contributed by atoms with Crippen molar-refractivity contribution in [2.75, 3.05) is 0 Å². The molecule has 0 aliphatic rings. The van der Waals surface area contributed by atoms with Crippen LogP contribution in [0, 0.1) is 37.6 Å². The molecule has 1 radical (unpaired) electrons. The van der Waals surface area contributed by atoms with Crippen LogP contribution in [0.15, 0.2) is 120 Å². The minimum Gasteiger partial charge on any atom is -0.486 e. The Morgan fingerprint density at radius 1 is 0.738 bits per heavy atom. The molecule has 4 heterocycles. The molecule has 311 valence electrons.